The van der Waals surface area contributed by atoms with Crippen molar-refractivity contribution in [2.45, 2.75) is 13.0 Å². The normalized spacial score (nSPS) is 15.4. The van der Waals surface area contributed by atoms with Crippen molar-refractivity contribution in [3.8, 4) is 6.07 Å². The Morgan fingerprint density at radius 3 is 2.30 bits per heavy atom. The zero-order valence-corrected chi connectivity index (χ0v) is 13.8. The lowest BCUT2D eigenvalue weighted by atomic mass is 10.1. The Bertz CT molecular complexity index is 683. The fourth-order valence-electron chi connectivity index (χ4n) is 2.95. The van der Waals surface area contributed by atoms with Gasteiger partial charge in [-0.15, -0.1) is 0 Å². The minimum atomic E-state index is 0.485. The molecule has 0 aromatic heterocycles. The van der Waals surface area contributed by atoms with Gasteiger partial charge in [0, 0.05) is 43.4 Å². The predicted octanol–water partition coefficient (Wildman–Crippen LogP) is 3.73. The van der Waals surface area contributed by atoms with E-state index in [1.165, 1.54) is 11.3 Å². The average molecular weight is 326 g/mol. The average Bonchev–Trinajstić information content (AvgIpc) is 2.58. The van der Waals surface area contributed by atoms with Crippen molar-refractivity contribution >= 4 is 17.3 Å². The molecule has 0 atom stereocenters. The van der Waals surface area contributed by atoms with Crippen LogP contribution < -0.4 is 4.90 Å². The minimum Gasteiger partial charge on any atom is -0.369 e. The first-order valence-electron chi connectivity index (χ1n) is 7.92. The van der Waals surface area contributed by atoms with Crippen LogP contribution >= 0.6 is 11.6 Å². The van der Waals surface area contributed by atoms with Crippen molar-refractivity contribution < 1.29 is 0 Å². The molecular formula is C19H20ClN3. The highest BCUT2D eigenvalue weighted by Gasteiger charge is 2.17. The molecule has 0 saturated carbocycles. The van der Waals surface area contributed by atoms with E-state index in [1.54, 1.807) is 0 Å². The maximum absolute atomic E-state index is 8.71. The SMILES string of the molecule is N#CCc1ccc(CN2CCN(c3cccc(Cl)c3)CC2)cc1. The van der Waals surface area contributed by atoms with Gasteiger partial charge in [0.05, 0.1) is 12.5 Å². The number of rotatable bonds is 4. The summed E-state index contributed by atoms with van der Waals surface area (Å²) in [6.07, 6.45) is 0.485. The molecule has 4 heteroatoms. The van der Waals surface area contributed by atoms with E-state index in [2.05, 4.69) is 46.2 Å². The van der Waals surface area contributed by atoms with Gasteiger partial charge >= 0.3 is 0 Å². The van der Waals surface area contributed by atoms with E-state index in [4.69, 9.17) is 16.9 Å². The van der Waals surface area contributed by atoms with Crippen molar-refractivity contribution in [2.24, 2.45) is 0 Å². The molecule has 118 valence electrons. The van der Waals surface area contributed by atoms with Crippen LogP contribution in [-0.2, 0) is 13.0 Å². The third-order valence-electron chi connectivity index (χ3n) is 4.26. The highest BCUT2D eigenvalue weighted by molar-refractivity contribution is 6.30. The summed E-state index contributed by atoms with van der Waals surface area (Å²) in [5, 5.41) is 9.51. The van der Waals surface area contributed by atoms with E-state index in [1.807, 2.05) is 18.2 Å². The summed E-state index contributed by atoms with van der Waals surface area (Å²) < 4.78 is 0. The lowest BCUT2D eigenvalue weighted by Gasteiger charge is -2.36. The molecule has 3 nitrogen and oxygen atoms in total. The smallest absolute Gasteiger partial charge is 0.0669 e. The Hall–Kier alpha value is -2.02. The molecule has 0 spiro atoms. The summed E-state index contributed by atoms with van der Waals surface area (Å²) in [5.41, 5.74) is 3.60. The number of nitriles is 1. The van der Waals surface area contributed by atoms with Crippen molar-refractivity contribution in [1.82, 2.24) is 4.90 Å². The standard InChI is InChI=1S/C19H20ClN3/c20-18-2-1-3-19(14-18)23-12-10-22(11-13-23)15-17-6-4-16(5-7-17)8-9-21/h1-7,14H,8,10-13,15H2. The lowest BCUT2D eigenvalue weighted by Crippen LogP contribution is -2.45. The molecule has 1 aliphatic heterocycles. The van der Waals surface area contributed by atoms with Crippen LogP contribution in [0.5, 0.6) is 0 Å². The molecule has 1 aliphatic rings. The second-order valence-electron chi connectivity index (χ2n) is 5.89. The van der Waals surface area contributed by atoms with Crippen LogP contribution in [0.2, 0.25) is 5.02 Å². The summed E-state index contributed by atoms with van der Waals surface area (Å²) in [6.45, 7) is 5.11. The van der Waals surface area contributed by atoms with E-state index >= 15 is 0 Å². The second-order valence-corrected chi connectivity index (χ2v) is 6.33. The van der Waals surface area contributed by atoms with E-state index in [9.17, 15) is 0 Å². The van der Waals surface area contributed by atoms with Crippen LogP contribution in [0.1, 0.15) is 11.1 Å². The third kappa shape index (κ3) is 4.25. The van der Waals surface area contributed by atoms with Gasteiger partial charge in [0.2, 0.25) is 0 Å². The minimum absolute atomic E-state index is 0.485. The van der Waals surface area contributed by atoms with Crippen molar-refractivity contribution in [3.63, 3.8) is 0 Å². The van der Waals surface area contributed by atoms with Gasteiger partial charge in [0.1, 0.15) is 0 Å². The first-order chi connectivity index (χ1) is 11.2. The molecule has 23 heavy (non-hydrogen) atoms. The summed E-state index contributed by atoms with van der Waals surface area (Å²) in [6, 6.07) is 18.6. The molecule has 0 aliphatic carbocycles. The topological polar surface area (TPSA) is 30.3 Å². The predicted molar refractivity (Wildman–Crippen MR) is 94.7 cm³/mol. The molecule has 0 radical (unpaired) electrons. The Balaban J connectivity index is 1.54. The van der Waals surface area contributed by atoms with E-state index in [0.717, 1.165) is 43.3 Å². The number of anilines is 1. The maximum atomic E-state index is 8.71. The summed E-state index contributed by atoms with van der Waals surface area (Å²) in [7, 11) is 0. The quantitative estimate of drug-likeness (QED) is 0.858. The molecule has 2 aromatic carbocycles. The molecular weight excluding hydrogens is 306 g/mol. The van der Waals surface area contributed by atoms with Crippen LogP contribution in [0.25, 0.3) is 0 Å². The number of benzene rings is 2. The highest BCUT2D eigenvalue weighted by Crippen LogP contribution is 2.21. The lowest BCUT2D eigenvalue weighted by molar-refractivity contribution is 0.250. The van der Waals surface area contributed by atoms with Crippen LogP contribution in [0.3, 0.4) is 0 Å². The number of hydrogen-bond donors (Lipinski definition) is 0. The Morgan fingerprint density at radius 1 is 0.957 bits per heavy atom. The van der Waals surface area contributed by atoms with Gasteiger partial charge in [-0.2, -0.15) is 5.26 Å². The summed E-state index contributed by atoms with van der Waals surface area (Å²) in [5.74, 6) is 0. The molecule has 1 heterocycles. The van der Waals surface area contributed by atoms with Gasteiger partial charge < -0.3 is 4.90 Å². The second kappa shape index (κ2) is 7.50. The van der Waals surface area contributed by atoms with Gasteiger partial charge in [-0.3, -0.25) is 4.90 Å². The van der Waals surface area contributed by atoms with E-state index < -0.39 is 0 Å². The fourth-order valence-corrected chi connectivity index (χ4v) is 3.13. The van der Waals surface area contributed by atoms with Gasteiger partial charge in [-0.25, -0.2) is 0 Å². The molecule has 1 saturated heterocycles. The molecule has 0 N–H and O–H groups in total. The molecule has 3 rings (SSSR count). The van der Waals surface area contributed by atoms with Crippen LogP contribution in [0, 0.1) is 11.3 Å². The largest absolute Gasteiger partial charge is 0.369 e. The van der Waals surface area contributed by atoms with E-state index in [-0.39, 0.29) is 0 Å². The Kier molecular flexibility index (Phi) is 5.17. The molecule has 2 aromatic rings. The number of halogens is 1. The van der Waals surface area contributed by atoms with Crippen LogP contribution in [-0.4, -0.2) is 31.1 Å². The molecule has 0 amide bonds. The van der Waals surface area contributed by atoms with Gasteiger partial charge in [-0.05, 0) is 29.3 Å². The molecule has 0 bridgehead atoms. The molecule has 1 fully saturated rings. The highest BCUT2D eigenvalue weighted by atomic mass is 35.5. The maximum Gasteiger partial charge on any atom is 0.0669 e. The summed E-state index contributed by atoms with van der Waals surface area (Å²) in [4.78, 5) is 4.86. The fraction of sp³-hybridized carbons (Fsp3) is 0.316. The van der Waals surface area contributed by atoms with Crippen molar-refractivity contribution in [1.29, 1.82) is 5.26 Å². The number of nitrogens with zero attached hydrogens (tertiary/aromatic N) is 3. The Morgan fingerprint density at radius 2 is 1.65 bits per heavy atom. The van der Waals surface area contributed by atoms with Crippen molar-refractivity contribution in [3.05, 3.63) is 64.7 Å². The first-order valence-corrected chi connectivity index (χ1v) is 8.30. The van der Waals surface area contributed by atoms with Gasteiger partial charge in [-0.1, -0.05) is 41.9 Å². The number of piperazine rings is 1. The van der Waals surface area contributed by atoms with Gasteiger partial charge in [0.25, 0.3) is 0 Å². The monoisotopic (exact) mass is 325 g/mol. The summed E-state index contributed by atoms with van der Waals surface area (Å²) >= 11 is 6.08. The van der Waals surface area contributed by atoms with E-state index in [0.29, 0.717) is 6.42 Å². The van der Waals surface area contributed by atoms with Crippen LogP contribution in [0.4, 0.5) is 5.69 Å². The first kappa shape index (κ1) is 15.9. The zero-order valence-electron chi connectivity index (χ0n) is 13.1. The Labute approximate surface area is 142 Å². The van der Waals surface area contributed by atoms with Gasteiger partial charge in [0.15, 0.2) is 0 Å². The van der Waals surface area contributed by atoms with Crippen LogP contribution in [0.15, 0.2) is 48.5 Å². The molecule has 0 unspecified atom stereocenters. The third-order valence-corrected chi connectivity index (χ3v) is 4.49. The van der Waals surface area contributed by atoms with Crippen molar-refractivity contribution in [2.75, 3.05) is 31.1 Å². The number of hydrogen-bond acceptors (Lipinski definition) is 3. The zero-order chi connectivity index (χ0) is 16.1.